The Labute approximate surface area is 114 Å². The van der Waals surface area contributed by atoms with Gasteiger partial charge in [0, 0.05) is 24.0 Å². The first-order valence-corrected chi connectivity index (χ1v) is 6.40. The van der Waals surface area contributed by atoms with Gasteiger partial charge in [-0.3, -0.25) is 4.90 Å². The molecular weight excluding hydrogens is 285 g/mol. The van der Waals surface area contributed by atoms with Crippen molar-refractivity contribution in [1.29, 1.82) is 0 Å². The zero-order valence-corrected chi connectivity index (χ0v) is 11.4. The normalized spacial score (nSPS) is 21.7. The minimum Gasteiger partial charge on any atom is -0.327 e. The van der Waals surface area contributed by atoms with Crippen LogP contribution >= 0.6 is 23.7 Å². The highest BCUT2D eigenvalue weighted by Crippen LogP contribution is 2.35. The van der Waals surface area contributed by atoms with Crippen molar-refractivity contribution in [1.82, 2.24) is 4.90 Å². The quantitative estimate of drug-likeness (QED) is 0.909. The van der Waals surface area contributed by atoms with Gasteiger partial charge in [-0.25, -0.2) is 0 Å². The Kier molecular flexibility index (Phi) is 5.46. The Morgan fingerprint density at radius 1 is 1.39 bits per heavy atom. The first-order chi connectivity index (χ1) is 7.95. The van der Waals surface area contributed by atoms with Gasteiger partial charge in [0.1, 0.15) is 4.88 Å². The van der Waals surface area contributed by atoms with Gasteiger partial charge in [0.25, 0.3) is 0 Å². The number of alkyl halides is 3. The van der Waals surface area contributed by atoms with Crippen molar-refractivity contribution < 1.29 is 13.2 Å². The van der Waals surface area contributed by atoms with Gasteiger partial charge in [0.2, 0.25) is 0 Å². The molecule has 1 aromatic rings. The van der Waals surface area contributed by atoms with E-state index in [1.54, 1.807) is 6.07 Å². The molecule has 104 valence electrons. The predicted octanol–water partition coefficient (Wildman–Crippen LogP) is 3.11. The summed E-state index contributed by atoms with van der Waals surface area (Å²) < 4.78 is 37.3. The zero-order chi connectivity index (χ0) is 12.5. The number of hydrogen-bond acceptors (Lipinski definition) is 3. The molecule has 0 amide bonds. The fourth-order valence-corrected chi connectivity index (χ4v) is 2.99. The van der Waals surface area contributed by atoms with Crippen LogP contribution in [0.15, 0.2) is 12.1 Å². The van der Waals surface area contributed by atoms with E-state index in [0.717, 1.165) is 48.2 Å². The number of nitrogens with two attached hydrogens (primary N) is 1. The van der Waals surface area contributed by atoms with Gasteiger partial charge in [-0.2, -0.15) is 13.2 Å². The molecule has 1 saturated heterocycles. The number of hydrogen-bond donors (Lipinski definition) is 1. The van der Waals surface area contributed by atoms with Crippen LogP contribution in [-0.2, 0) is 12.7 Å². The van der Waals surface area contributed by atoms with E-state index >= 15 is 0 Å². The summed E-state index contributed by atoms with van der Waals surface area (Å²) in [7, 11) is 0. The van der Waals surface area contributed by atoms with Crippen molar-refractivity contribution >= 4 is 23.7 Å². The summed E-state index contributed by atoms with van der Waals surface area (Å²) in [5, 5.41) is 0. The molecule has 1 fully saturated rings. The van der Waals surface area contributed by atoms with Crippen molar-refractivity contribution in [2.24, 2.45) is 5.73 Å². The van der Waals surface area contributed by atoms with E-state index in [4.69, 9.17) is 5.73 Å². The van der Waals surface area contributed by atoms with Gasteiger partial charge in [0.05, 0.1) is 0 Å². The Balaban J connectivity index is 0.00000162. The molecule has 1 aliphatic heterocycles. The number of piperidine rings is 1. The van der Waals surface area contributed by atoms with E-state index in [1.165, 1.54) is 0 Å². The average molecular weight is 301 g/mol. The molecule has 2 N–H and O–H groups in total. The molecule has 0 spiro atoms. The number of halogens is 4. The third-order valence-electron chi connectivity index (χ3n) is 2.86. The Morgan fingerprint density at radius 2 is 2.11 bits per heavy atom. The molecule has 0 bridgehead atoms. The van der Waals surface area contributed by atoms with E-state index in [1.807, 2.05) is 0 Å². The summed E-state index contributed by atoms with van der Waals surface area (Å²) in [6.45, 7) is 2.28. The van der Waals surface area contributed by atoms with Crippen LogP contribution in [0.2, 0.25) is 0 Å². The molecule has 18 heavy (non-hydrogen) atoms. The fourth-order valence-electron chi connectivity index (χ4n) is 2.07. The first kappa shape index (κ1) is 15.8. The first-order valence-electron chi connectivity index (χ1n) is 5.59. The molecule has 2 rings (SSSR count). The van der Waals surface area contributed by atoms with E-state index in [-0.39, 0.29) is 18.4 Å². The third kappa shape index (κ3) is 4.12. The average Bonchev–Trinajstić information content (AvgIpc) is 2.65. The standard InChI is InChI=1S/C11H15F3N2S.ClH/c12-11(13,14)10-4-3-9(17-10)7-16-5-1-2-8(15)6-16;/h3-4,8H,1-2,5-7,15H2;1H. The van der Waals surface area contributed by atoms with Crippen LogP contribution in [0, 0.1) is 0 Å². The number of nitrogens with zero attached hydrogens (tertiary/aromatic N) is 1. The molecule has 1 aliphatic rings. The summed E-state index contributed by atoms with van der Waals surface area (Å²) >= 11 is 0.827. The van der Waals surface area contributed by atoms with Crippen LogP contribution in [0.25, 0.3) is 0 Å². The molecule has 0 aliphatic carbocycles. The molecule has 1 aromatic heterocycles. The monoisotopic (exact) mass is 300 g/mol. The van der Waals surface area contributed by atoms with Crippen molar-refractivity contribution in [3.63, 3.8) is 0 Å². The molecule has 2 nitrogen and oxygen atoms in total. The lowest BCUT2D eigenvalue weighted by atomic mass is 10.1. The second-order valence-electron chi connectivity index (χ2n) is 4.40. The highest BCUT2D eigenvalue weighted by Gasteiger charge is 2.32. The second-order valence-corrected chi connectivity index (χ2v) is 5.57. The molecule has 7 heteroatoms. The molecule has 2 heterocycles. The summed E-state index contributed by atoms with van der Waals surface area (Å²) in [4.78, 5) is 2.36. The summed E-state index contributed by atoms with van der Waals surface area (Å²) in [5.41, 5.74) is 5.83. The predicted molar refractivity (Wildman–Crippen MR) is 69.1 cm³/mol. The highest BCUT2D eigenvalue weighted by atomic mass is 35.5. The van der Waals surface area contributed by atoms with E-state index in [0.29, 0.717) is 6.54 Å². The number of likely N-dealkylation sites (tertiary alicyclic amines) is 1. The van der Waals surface area contributed by atoms with Crippen molar-refractivity contribution in [3.05, 3.63) is 21.9 Å². The van der Waals surface area contributed by atoms with Crippen molar-refractivity contribution in [3.8, 4) is 0 Å². The zero-order valence-electron chi connectivity index (χ0n) is 9.74. The summed E-state index contributed by atoms with van der Waals surface area (Å²) in [6, 6.07) is 2.88. The molecule has 1 atom stereocenters. The van der Waals surface area contributed by atoms with Crippen LogP contribution in [0.4, 0.5) is 13.2 Å². The minimum atomic E-state index is -4.22. The van der Waals surface area contributed by atoms with Gasteiger partial charge in [0.15, 0.2) is 0 Å². The molecule has 1 unspecified atom stereocenters. The van der Waals surface area contributed by atoms with Crippen LogP contribution in [0.3, 0.4) is 0 Å². The van der Waals surface area contributed by atoms with Crippen LogP contribution in [-0.4, -0.2) is 24.0 Å². The van der Waals surface area contributed by atoms with Gasteiger partial charge in [-0.15, -0.1) is 23.7 Å². The molecular formula is C11H16ClF3N2S. The van der Waals surface area contributed by atoms with E-state index in [9.17, 15) is 13.2 Å². The Bertz CT molecular complexity index is 381. The van der Waals surface area contributed by atoms with Crippen molar-refractivity contribution in [2.75, 3.05) is 13.1 Å². The maximum absolute atomic E-state index is 12.4. The lowest BCUT2D eigenvalue weighted by Crippen LogP contribution is -2.42. The molecule has 0 saturated carbocycles. The SMILES string of the molecule is Cl.NC1CCCN(Cc2ccc(C(F)(F)F)s2)C1. The summed E-state index contributed by atoms with van der Waals surface area (Å²) in [5.74, 6) is 0. The van der Waals surface area contributed by atoms with Crippen LogP contribution in [0.5, 0.6) is 0 Å². The van der Waals surface area contributed by atoms with Gasteiger partial charge in [-0.05, 0) is 31.5 Å². The number of thiophene rings is 1. The summed E-state index contributed by atoms with van der Waals surface area (Å²) in [6.07, 6.45) is -2.19. The Hall–Kier alpha value is -0.300. The van der Waals surface area contributed by atoms with Crippen LogP contribution < -0.4 is 5.73 Å². The molecule has 0 aromatic carbocycles. The van der Waals surface area contributed by atoms with Gasteiger partial charge >= 0.3 is 6.18 Å². The van der Waals surface area contributed by atoms with Crippen molar-refractivity contribution in [2.45, 2.75) is 31.6 Å². The van der Waals surface area contributed by atoms with E-state index in [2.05, 4.69) is 4.90 Å². The second kappa shape index (κ2) is 6.23. The lowest BCUT2D eigenvalue weighted by Gasteiger charge is -2.30. The smallest absolute Gasteiger partial charge is 0.327 e. The van der Waals surface area contributed by atoms with Crippen LogP contribution in [0.1, 0.15) is 22.6 Å². The third-order valence-corrected chi connectivity index (χ3v) is 3.98. The van der Waals surface area contributed by atoms with Gasteiger partial charge < -0.3 is 5.73 Å². The topological polar surface area (TPSA) is 29.3 Å². The van der Waals surface area contributed by atoms with Gasteiger partial charge in [-0.1, -0.05) is 0 Å². The molecule has 0 radical (unpaired) electrons. The maximum atomic E-state index is 12.4. The number of rotatable bonds is 2. The maximum Gasteiger partial charge on any atom is 0.425 e. The Morgan fingerprint density at radius 3 is 2.67 bits per heavy atom. The minimum absolute atomic E-state index is 0. The lowest BCUT2D eigenvalue weighted by molar-refractivity contribution is -0.134. The highest BCUT2D eigenvalue weighted by molar-refractivity contribution is 7.12. The largest absolute Gasteiger partial charge is 0.425 e. The fraction of sp³-hybridized carbons (Fsp3) is 0.636. The van der Waals surface area contributed by atoms with E-state index < -0.39 is 11.1 Å².